The van der Waals surface area contributed by atoms with Crippen molar-refractivity contribution in [1.29, 1.82) is 0 Å². The fraction of sp³-hybridized carbons (Fsp3) is 0.471. The summed E-state index contributed by atoms with van der Waals surface area (Å²) in [6, 6.07) is 22.5. The van der Waals surface area contributed by atoms with Gasteiger partial charge in [0.15, 0.2) is 0 Å². The number of benzene rings is 3. The van der Waals surface area contributed by atoms with Crippen molar-refractivity contribution in [1.82, 2.24) is 0 Å². The van der Waals surface area contributed by atoms with E-state index >= 15 is 0 Å². The zero-order valence-electron chi connectivity index (χ0n) is 21.4. The van der Waals surface area contributed by atoms with Gasteiger partial charge in [-0.05, 0) is 90.1 Å². The van der Waals surface area contributed by atoms with Gasteiger partial charge in [0.05, 0.1) is 0 Å². The lowest BCUT2D eigenvalue weighted by molar-refractivity contribution is 0.302. The van der Waals surface area contributed by atoms with Gasteiger partial charge in [-0.1, -0.05) is 107 Å². The first-order valence-corrected chi connectivity index (χ1v) is 13.9. The zero-order chi connectivity index (χ0) is 23.6. The van der Waals surface area contributed by atoms with E-state index in [1.165, 1.54) is 92.5 Å². The van der Waals surface area contributed by atoms with Crippen molar-refractivity contribution in [3.8, 4) is 11.8 Å². The molecular formula is C34H42. The van der Waals surface area contributed by atoms with Gasteiger partial charge in [0.1, 0.15) is 0 Å². The number of aryl methyl sites for hydroxylation is 1. The minimum Gasteiger partial charge on any atom is -0.0654 e. The fourth-order valence-electron chi connectivity index (χ4n) is 5.62. The van der Waals surface area contributed by atoms with Gasteiger partial charge < -0.3 is 0 Å². The van der Waals surface area contributed by atoms with E-state index in [0.29, 0.717) is 0 Å². The molecule has 1 aliphatic rings. The van der Waals surface area contributed by atoms with Crippen molar-refractivity contribution in [2.24, 2.45) is 5.92 Å². The van der Waals surface area contributed by atoms with Crippen LogP contribution in [-0.2, 0) is 6.42 Å². The van der Waals surface area contributed by atoms with Crippen LogP contribution in [0, 0.1) is 17.8 Å². The number of hydrogen-bond donors (Lipinski definition) is 0. The Morgan fingerprint density at radius 3 is 2.09 bits per heavy atom. The Morgan fingerprint density at radius 1 is 0.647 bits per heavy atom. The first-order valence-electron chi connectivity index (χ1n) is 13.9. The molecule has 0 heteroatoms. The molecule has 0 nitrogen and oxygen atoms in total. The summed E-state index contributed by atoms with van der Waals surface area (Å²) in [5.74, 6) is 8.48. The highest BCUT2D eigenvalue weighted by Gasteiger charge is 2.21. The summed E-state index contributed by atoms with van der Waals surface area (Å²) in [6.07, 6.45) is 16.4. The smallest absolute Gasteiger partial charge is 0.0255 e. The van der Waals surface area contributed by atoms with Gasteiger partial charge in [0, 0.05) is 11.1 Å². The highest BCUT2D eigenvalue weighted by Crippen LogP contribution is 2.37. The summed E-state index contributed by atoms with van der Waals surface area (Å²) in [6.45, 7) is 4.53. The average molecular weight is 451 g/mol. The minimum atomic E-state index is 0.747. The van der Waals surface area contributed by atoms with E-state index in [9.17, 15) is 0 Å². The van der Waals surface area contributed by atoms with Gasteiger partial charge in [-0.15, -0.1) is 0 Å². The summed E-state index contributed by atoms with van der Waals surface area (Å²) in [4.78, 5) is 0. The van der Waals surface area contributed by atoms with Crippen molar-refractivity contribution in [2.45, 2.75) is 96.8 Å². The molecule has 3 aromatic rings. The van der Waals surface area contributed by atoms with Crippen molar-refractivity contribution in [3.05, 3.63) is 82.9 Å². The maximum Gasteiger partial charge on any atom is 0.0255 e. The maximum absolute atomic E-state index is 3.38. The quantitative estimate of drug-likeness (QED) is 0.225. The standard InChI is InChI=1S/C34H42/c1-3-5-6-7-8-10-27-13-19-31(20-14-27)32-21-15-28(16-22-32)11-12-30-18-24-33-25-29(9-4-2)17-23-34(33)26-30/h15-18,21-27,31H,3-10,13-14,19-20H2,1-2H3/t27-,31-. The lowest BCUT2D eigenvalue weighted by Gasteiger charge is -2.29. The maximum atomic E-state index is 3.38. The van der Waals surface area contributed by atoms with E-state index in [4.69, 9.17) is 0 Å². The second-order valence-corrected chi connectivity index (χ2v) is 10.4. The average Bonchev–Trinajstić information content (AvgIpc) is 2.88. The SMILES string of the molecule is CCCCCCC[C@H]1CC[C@H](c2ccc(C#Cc3ccc4cc(CCC)ccc4c3)cc2)CC1. The van der Waals surface area contributed by atoms with E-state index in [1.54, 1.807) is 0 Å². The Labute approximate surface area is 208 Å². The van der Waals surface area contributed by atoms with Crippen molar-refractivity contribution in [3.63, 3.8) is 0 Å². The van der Waals surface area contributed by atoms with E-state index in [-0.39, 0.29) is 0 Å². The minimum absolute atomic E-state index is 0.747. The molecule has 0 aromatic heterocycles. The summed E-state index contributed by atoms with van der Waals surface area (Å²) in [5.41, 5.74) is 5.14. The van der Waals surface area contributed by atoms with Crippen LogP contribution in [0.15, 0.2) is 60.7 Å². The molecule has 1 saturated carbocycles. The number of fused-ring (bicyclic) bond motifs is 1. The van der Waals surface area contributed by atoms with Crippen LogP contribution in [0.1, 0.15) is 113 Å². The number of hydrogen-bond acceptors (Lipinski definition) is 0. The second-order valence-electron chi connectivity index (χ2n) is 10.4. The van der Waals surface area contributed by atoms with Gasteiger partial charge in [-0.25, -0.2) is 0 Å². The van der Waals surface area contributed by atoms with Gasteiger partial charge >= 0.3 is 0 Å². The molecule has 34 heavy (non-hydrogen) atoms. The molecule has 0 spiro atoms. The highest BCUT2D eigenvalue weighted by molar-refractivity contribution is 5.84. The summed E-state index contributed by atoms with van der Waals surface area (Å²) < 4.78 is 0. The van der Waals surface area contributed by atoms with Crippen LogP contribution in [-0.4, -0.2) is 0 Å². The Bertz CT molecular complexity index is 1080. The predicted molar refractivity (Wildman–Crippen MR) is 148 cm³/mol. The Hall–Kier alpha value is -2.52. The highest BCUT2D eigenvalue weighted by atomic mass is 14.3. The zero-order valence-corrected chi connectivity index (χ0v) is 21.4. The summed E-state index contributed by atoms with van der Waals surface area (Å²) >= 11 is 0. The van der Waals surface area contributed by atoms with Crippen LogP contribution in [0.3, 0.4) is 0 Å². The summed E-state index contributed by atoms with van der Waals surface area (Å²) in [5, 5.41) is 2.59. The van der Waals surface area contributed by atoms with Crippen LogP contribution in [0.4, 0.5) is 0 Å². The molecule has 0 unspecified atom stereocenters. The lowest BCUT2D eigenvalue weighted by Crippen LogP contribution is -2.13. The van der Waals surface area contributed by atoms with Crippen molar-refractivity contribution < 1.29 is 0 Å². The summed E-state index contributed by atoms with van der Waals surface area (Å²) in [7, 11) is 0. The van der Waals surface area contributed by atoms with Crippen LogP contribution >= 0.6 is 0 Å². The third kappa shape index (κ3) is 6.99. The third-order valence-electron chi connectivity index (χ3n) is 7.74. The molecule has 178 valence electrons. The van der Waals surface area contributed by atoms with Gasteiger partial charge in [0.25, 0.3) is 0 Å². The molecule has 0 N–H and O–H groups in total. The molecule has 4 rings (SSSR count). The molecule has 0 amide bonds. The van der Waals surface area contributed by atoms with Crippen molar-refractivity contribution >= 4 is 10.8 Å². The molecule has 1 fully saturated rings. The van der Waals surface area contributed by atoms with Crippen LogP contribution < -0.4 is 0 Å². The normalized spacial score (nSPS) is 17.9. The second kappa shape index (κ2) is 12.8. The van der Waals surface area contributed by atoms with E-state index in [1.807, 2.05) is 0 Å². The Balaban J connectivity index is 1.30. The van der Waals surface area contributed by atoms with Crippen LogP contribution in [0.5, 0.6) is 0 Å². The molecule has 3 aromatic carbocycles. The molecule has 0 aliphatic heterocycles. The third-order valence-corrected chi connectivity index (χ3v) is 7.74. The monoisotopic (exact) mass is 450 g/mol. The molecule has 1 aliphatic carbocycles. The van der Waals surface area contributed by atoms with Crippen LogP contribution in [0.2, 0.25) is 0 Å². The van der Waals surface area contributed by atoms with Crippen LogP contribution in [0.25, 0.3) is 10.8 Å². The first-order chi connectivity index (χ1) is 16.7. The number of unbranched alkanes of at least 4 members (excludes halogenated alkanes) is 4. The fourth-order valence-corrected chi connectivity index (χ4v) is 5.62. The molecule has 0 heterocycles. The van der Waals surface area contributed by atoms with E-state index < -0.39 is 0 Å². The Morgan fingerprint density at radius 2 is 1.32 bits per heavy atom. The molecule has 0 radical (unpaired) electrons. The van der Waals surface area contributed by atoms with E-state index in [2.05, 4.69) is 86.4 Å². The van der Waals surface area contributed by atoms with E-state index in [0.717, 1.165) is 29.4 Å². The Kier molecular flexibility index (Phi) is 9.27. The van der Waals surface area contributed by atoms with Gasteiger partial charge in [-0.3, -0.25) is 0 Å². The molecule has 0 saturated heterocycles. The topological polar surface area (TPSA) is 0 Å². The number of rotatable bonds is 9. The largest absolute Gasteiger partial charge is 0.0654 e. The lowest BCUT2D eigenvalue weighted by atomic mass is 9.77. The molecule has 0 bridgehead atoms. The van der Waals surface area contributed by atoms with Gasteiger partial charge in [-0.2, -0.15) is 0 Å². The van der Waals surface area contributed by atoms with Crippen molar-refractivity contribution in [2.75, 3.05) is 0 Å². The first kappa shape index (κ1) is 24.6. The van der Waals surface area contributed by atoms with Gasteiger partial charge in [0.2, 0.25) is 0 Å². The molecule has 0 atom stereocenters. The predicted octanol–water partition coefficient (Wildman–Crippen LogP) is 9.83. The molecular weight excluding hydrogens is 408 g/mol.